The van der Waals surface area contributed by atoms with Crippen molar-refractivity contribution in [1.82, 2.24) is 5.32 Å². The third kappa shape index (κ3) is 4.87. The van der Waals surface area contributed by atoms with Crippen LogP contribution in [0.15, 0.2) is 76.8 Å². The van der Waals surface area contributed by atoms with E-state index >= 15 is 0 Å². The van der Waals surface area contributed by atoms with Crippen LogP contribution in [-0.2, 0) is 16.2 Å². The first-order chi connectivity index (χ1) is 16.4. The van der Waals surface area contributed by atoms with Crippen molar-refractivity contribution in [1.29, 1.82) is 0 Å². The molecule has 0 unspecified atom stereocenters. The molecule has 1 heterocycles. The highest BCUT2D eigenvalue weighted by Gasteiger charge is 2.36. The number of nitrogens with one attached hydrogen (secondary N) is 1. The van der Waals surface area contributed by atoms with Gasteiger partial charge in [-0.1, -0.05) is 46.3 Å². The first-order valence-electron chi connectivity index (χ1n) is 10.4. The number of anilines is 1. The van der Waals surface area contributed by atoms with Gasteiger partial charge < -0.3 is 9.47 Å². The molecule has 0 spiro atoms. The average Bonchev–Trinajstić information content (AvgIpc) is 2.82. The van der Waals surface area contributed by atoms with Crippen LogP contribution < -0.4 is 19.7 Å². The molecule has 0 aliphatic carbocycles. The summed E-state index contributed by atoms with van der Waals surface area (Å²) in [6.07, 6.45) is 1.42. The molecule has 1 aliphatic rings. The maximum absolute atomic E-state index is 13.1. The van der Waals surface area contributed by atoms with E-state index < -0.39 is 17.8 Å². The summed E-state index contributed by atoms with van der Waals surface area (Å²) < 4.78 is 12.2. The Balaban J connectivity index is 1.60. The van der Waals surface area contributed by atoms with Crippen molar-refractivity contribution in [3.63, 3.8) is 0 Å². The van der Waals surface area contributed by atoms with Gasteiger partial charge in [0.2, 0.25) is 0 Å². The van der Waals surface area contributed by atoms with Gasteiger partial charge in [-0.25, -0.2) is 9.69 Å². The van der Waals surface area contributed by atoms with Crippen LogP contribution in [0.25, 0.3) is 6.08 Å². The van der Waals surface area contributed by atoms with Gasteiger partial charge in [-0.3, -0.25) is 14.9 Å². The van der Waals surface area contributed by atoms with Gasteiger partial charge >= 0.3 is 6.03 Å². The first kappa shape index (κ1) is 23.3. The Kier molecular flexibility index (Phi) is 6.79. The lowest BCUT2D eigenvalue weighted by atomic mass is 10.1. The van der Waals surface area contributed by atoms with Crippen LogP contribution in [0.1, 0.15) is 16.7 Å². The zero-order valence-corrected chi connectivity index (χ0v) is 20.1. The zero-order valence-electron chi connectivity index (χ0n) is 18.5. The van der Waals surface area contributed by atoms with Crippen molar-refractivity contribution >= 4 is 45.5 Å². The monoisotopic (exact) mass is 520 g/mol. The highest BCUT2D eigenvalue weighted by molar-refractivity contribution is 9.10. The Bertz CT molecular complexity index is 1300. The number of urea groups is 1. The lowest BCUT2D eigenvalue weighted by molar-refractivity contribution is -0.122. The smallest absolute Gasteiger partial charge is 0.335 e. The second-order valence-electron chi connectivity index (χ2n) is 7.56. The molecule has 0 aromatic heterocycles. The lowest BCUT2D eigenvalue weighted by Gasteiger charge is -2.26. The Morgan fingerprint density at radius 3 is 2.41 bits per heavy atom. The number of methoxy groups -OCH3 is 1. The quantitative estimate of drug-likeness (QED) is 0.364. The number of carbonyl (C=O) groups excluding carboxylic acids is 3. The molecule has 0 atom stereocenters. The molecule has 4 amide bonds. The van der Waals surface area contributed by atoms with Crippen molar-refractivity contribution in [2.75, 3.05) is 12.0 Å². The Hall–Kier alpha value is -3.91. The third-order valence-corrected chi connectivity index (χ3v) is 5.86. The van der Waals surface area contributed by atoms with Gasteiger partial charge in [0.1, 0.15) is 12.2 Å². The highest BCUT2D eigenvalue weighted by atomic mass is 79.9. The normalized spacial score (nSPS) is 14.9. The number of imide groups is 2. The third-order valence-electron chi connectivity index (χ3n) is 5.33. The molecule has 172 valence electrons. The van der Waals surface area contributed by atoms with Crippen LogP contribution in [0.3, 0.4) is 0 Å². The minimum atomic E-state index is -0.799. The van der Waals surface area contributed by atoms with Crippen LogP contribution in [-0.4, -0.2) is 25.0 Å². The van der Waals surface area contributed by atoms with E-state index in [2.05, 4.69) is 21.2 Å². The lowest BCUT2D eigenvalue weighted by Crippen LogP contribution is -2.54. The molecule has 4 rings (SSSR count). The van der Waals surface area contributed by atoms with Gasteiger partial charge in [-0.05, 0) is 66.1 Å². The van der Waals surface area contributed by atoms with E-state index in [9.17, 15) is 14.4 Å². The second kappa shape index (κ2) is 9.93. The number of ether oxygens (including phenoxy) is 2. The molecule has 3 aromatic carbocycles. The summed E-state index contributed by atoms with van der Waals surface area (Å²) in [5.74, 6) is -0.497. The summed E-state index contributed by atoms with van der Waals surface area (Å²) >= 11 is 3.32. The van der Waals surface area contributed by atoms with Gasteiger partial charge in [0.05, 0.1) is 12.8 Å². The van der Waals surface area contributed by atoms with Crippen LogP contribution in [0.4, 0.5) is 10.5 Å². The van der Waals surface area contributed by atoms with Gasteiger partial charge in [0.25, 0.3) is 11.8 Å². The zero-order chi connectivity index (χ0) is 24.2. The molecule has 1 fully saturated rings. The topological polar surface area (TPSA) is 84.9 Å². The van der Waals surface area contributed by atoms with Crippen molar-refractivity contribution in [2.24, 2.45) is 0 Å². The maximum Gasteiger partial charge on any atom is 0.335 e. The van der Waals surface area contributed by atoms with Crippen molar-refractivity contribution in [2.45, 2.75) is 13.5 Å². The van der Waals surface area contributed by atoms with E-state index in [1.165, 1.54) is 13.2 Å². The molecule has 0 radical (unpaired) electrons. The predicted molar refractivity (Wildman–Crippen MR) is 132 cm³/mol. The van der Waals surface area contributed by atoms with Crippen LogP contribution in [0.2, 0.25) is 0 Å². The van der Waals surface area contributed by atoms with Gasteiger partial charge in [-0.15, -0.1) is 0 Å². The number of amides is 4. The highest BCUT2D eigenvalue weighted by Crippen LogP contribution is 2.31. The number of barbiturate groups is 1. The largest absolute Gasteiger partial charge is 0.493 e. The van der Waals surface area contributed by atoms with Crippen LogP contribution in [0.5, 0.6) is 11.5 Å². The molecule has 0 bridgehead atoms. The first-order valence-corrected chi connectivity index (χ1v) is 11.2. The summed E-state index contributed by atoms with van der Waals surface area (Å²) in [5.41, 5.74) is 2.90. The fourth-order valence-electron chi connectivity index (χ4n) is 3.47. The van der Waals surface area contributed by atoms with Crippen molar-refractivity contribution in [3.05, 3.63) is 93.5 Å². The Morgan fingerprint density at radius 2 is 1.71 bits per heavy atom. The molecule has 34 heavy (non-hydrogen) atoms. The molecular weight excluding hydrogens is 500 g/mol. The van der Waals surface area contributed by atoms with Crippen molar-refractivity contribution in [3.8, 4) is 11.5 Å². The molecule has 1 saturated heterocycles. The molecule has 3 aromatic rings. The molecule has 1 aliphatic heterocycles. The summed E-state index contributed by atoms with van der Waals surface area (Å²) in [7, 11) is 1.51. The van der Waals surface area contributed by atoms with E-state index in [0.717, 1.165) is 20.5 Å². The van der Waals surface area contributed by atoms with Gasteiger partial charge in [0, 0.05) is 4.47 Å². The number of carbonyl (C=O) groups is 3. The molecule has 0 saturated carbocycles. The molecule has 1 N–H and O–H groups in total. The van der Waals surface area contributed by atoms with Gasteiger partial charge in [0.15, 0.2) is 11.5 Å². The minimum Gasteiger partial charge on any atom is -0.493 e. The van der Waals surface area contributed by atoms with Gasteiger partial charge in [-0.2, -0.15) is 0 Å². The van der Waals surface area contributed by atoms with E-state index in [1.807, 2.05) is 31.2 Å². The Labute approximate surface area is 205 Å². The van der Waals surface area contributed by atoms with E-state index in [-0.39, 0.29) is 5.57 Å². The maximum atomic E-state index is 13.1. The summed E-state index contributed by atoms with van der Waals surface area (Å²) in [5, 5.41) is 2.22. The number of nitrogens with zero attached hydrogens (tertiary/aromatic N) is 1. The van der Waals surface area contributed by atoms with E-state index in [0.29, 0.717) is 29.4 Å². The average molecular weight is 521 g/mol. The van der Waals surface area contributed by atoms with E-state index in [4.69, 9.17) is 9.47 Å². The number of benzene rings is 3. The SMILES string of the molecule is COc1cc(/C=C2\C(=O)NC(=O)N(c3ccc(Br)cc3)C2=O)ccc1OCc1ccccc1C. The number of aryl methyl sites for hydroxylation is 1. The minimum absolute atomic E-state index is 0.168. The number of hydrogen-bond acceptors (Lipinski definition) is 5. The number of hydrogen-bond donors (Lipinski definition) is 1. The summed E-state index contributed by atoms with van der Waals surface area (Å²) in [6.45, 7) is 2.38. The molecule has 8 heteroatoms. The molecule has 7 nitrogen and oxygen atoms in total. The van der Waals surface area contributed by atoms with Crippen LogP contribution in [0, 0.1) is 6.92 Å². The van der Waals surface area contributed by atoms with E-state index in [1.54, 1.807) is 42.5 Å². The second-order valence-corrected chi connectivity index (χ2v) is 8.48. The number of halogens is 1. The fraction of sp³-hybridized carbons (Fsp3) is 0.115. The summed E-state index contributed by atoms with van der Waals surface area (Å²) in [6, 6.07) is 18.8. The van der Waals surface area contributed by atoms with Crippen LogP contribution >= 0.6 is 15.9 Å². The Morgan fingerprint density at radius 1 is 0.971 bits per heavy atom. The standard InChI is InChI=1S/C26H21BrN2O5/c1-16-5-3-4-6-18(16)15-34-22-12-7-17(14-23(22)33-2)13-21-24(30)28-26(32)29(25(21)31)20-10-8-19(27)9-11-20/h3-14H,15H2,1-2H3,(H,28,30,32)/b21-13+. The number of rotatable bonds is 6. The summed E-state index contributed by atoms with van der Waals surface area (Å²) in [4.78, 5) is 38.8. The fourth-order valence-corrected chi connectivity index (χ4v) is 3.73. The molecular formula is C26H21BrN2O5. The predicted octanol–water partition coefficient (Wildman–Crippen LogP) is 5.01. The van der Waals surface area contributed by atoms with Crippen molar-refractivity contribution < 1.29 is 23.9 Å².